The first-order chi connectivity index (χ1) is 7.15. The minimum atomic E-state index is 0.165. The van der Waals surface area contributed by atoms with Gasteiger partial charge in [-0.3, -0.25) is 0 Å². The molecule has 0 aromatic rings. The Morgan fingerprint density at radius 1 is 1.27 bits per heavy atom. The Morgan fingerprint density at radius 2 is 2.00 bits per heavy atom. The number of urea groups is 1. The molecule has 0 radical (unpaired) electrons. The molecule has 0 bridgehead atoms. The van der Waals surface area contributed by atoms with Crippen LogP contribution in [0.5, 0.6) is 0 Å². The molecule has 1 aliphatic carbocycles. The molecule has 1 heterocycles. The maximum absolute atomic E-state index is 11.9. The first kappa shape index (κ1) is 10.8. The van der Waals surface area contributed by atoms with E-state index in [1.165, 1.54) is 6.42 Å². The molecule has 1 aliphatic heterocycles. The number of hydrogen-bond donors (Lipinski definition) is 1. The highest BCUT2D eigenvalue weighted by Crippen LogP contribution is 2.26. The van der Waals surface area contributed by atoms with Crippen LogP contribution in [-0.4, -0.2) is 30.1 Å². The quantitative estimate of drug-likeness (QED) is 0.707. The van der Waals surface area contributed by atoms with E-state index in [0.717, 1.165) is 38.3 Å². The van der Waals surface area contributed by atoms with Crippen molar-refractivity contribution in [3.05, 3.63) is 0 Å². The second-order valence-corrected chi connectivity index (χ2v) is 5.42. The molecule has 0 spiro atoms. The van der Waals surface area contributed by atoms with Gasteiger partial charge in [-0.2, -0.15) is 0 Å². The van der Waals surface area contributed by atoms with Gasteiger partial charge in [0.1, 0.15) is 0 Å². The predicted molar refractivity (Wildman–Crippen MR) is 60.7 cm³/mol. The fourth-order valence-corrected chi connectivity index (χ4v) is 2.66. The Kier molecular flexibility index (Phi) is 3.17. The highest BCUT2D eigenvalue weighted by Gasteiger charge is 2.29. The number of amides is 2. The minimum absolute atomic E-state index is 0.165. The number of likely N-dealkylation sites (tertiary alicyclic amines) is 1. The molecule has 2 rings (SSSR count). The summed E-state index contributed by atoms with van der Waals surface area (Å²) in [6, 6.07) is 0.614. The Labute approximate surface area is 92.2 Å². The van der Waals surface area contributed by atoms with E-state index in [4.69, 9.17) is 0 Å². The molecular weight excluding hydrogens is 188 g/mol. The van der Waals surface area contributed by atoms with Crippen LogP contribution in [0.3, 0.4) is 0 Å². The van der Waals surface area contributed by atoms with Crippen molar-refractivity contribution >= 4 is 6.03 Å². The van der Waals surface area contributed by atoms with Crippen molar-refractivity contribution in [3.8, 4) is 0 Å². The van der Waals surface area contributed by atoms with Gasteiger partial charge in [0.2, 0.25) is 0 Å². The minimum Gasteiger partial charge on any atom is -0.335 e. The first-order valence-electron chi connectivity index (χ1n) is 6.20. The molecule has 86 valence electrons. The summed E-state index contributed by atoms with van der Waals surface area (Å²) in [5.74, 6) is 1.47. The van der Waals surface area contributed by atoms with Crippen LogP contribution >= 0.6 is 0 Å². The molecular formula is C12H22N2O. The molecule has 3 heteroatoms. The molecule has 2 fully saturated rings. The van der Waals surface area contributed by atoms with E-state index in [1.54, 1.807) is 0 Å². The highest BCUT2D eigenvalue weighted by molar-refractivity contribution is 5.74. The van der Waals surface area contributed by atoms with E-state index in [2.05, 4.69) is 19.2 Å². The van der Waals surface area contributed by atoms with Gasteiger partial charge < -0.3 is 10.2 Å². The van der Waals surface area contributed by atoms with Crippen molar-refractivity contribution < 1.29 is 4.79 Å². The Bertz CT molecular complexity index is 236. The SMILES string of the molecule is CC1CC(NC(=O)N2CCCC(C)C2)C1. The van der Waals surface area contributed by atoms with Crippen LogP contribution < -0.4 is 5.32 Å². The summed E-state index contributed by atoms with van der Waals surface area (Å²) >= 11 is 0. The lowest BCUT2D eigenvalue weighted by Gasteiger charge is -2.37. The lowest BCUT2D eigenvalue weighted by Crippen LogP contribution is -2.51. The number of carbonyl (C=O) groups is 1. The molecule has 1 atom stereocenters. The van der Waals surface area contributed by atoms with Crippen LogP contribution in [0.4, 0.5) is 4.79 Å². The zero-order chi connectivity index (χ0) is 10.8. The van der Waals surface area contributed by atoms with Gasteiger partial charge in [-0.1, -0.05) is 13.8 Å². The average molecular weight is 210 g/mol. The van der Waals surface area contributed by atoms with Crippen molar-refractivity contribution in [2.24, 2.45) is 11.8 Å². The third-order valence-electron chi connectivity index (χ3n) is 3.65. The van der Waals surface area contributed by atoms with Gasteiger partial charge in [-0.15, -0.1) is 0 Å². The van der Waals surface area contributed by atoms with Crippen molar-refractivity contribution in [1.82, 2.24) is 10.2 Å². The number of nitrogens with one attached hydrogen (secondary N) is 1. The second-order valence-electron chi connectivity index (χ2n) is 5.42. The lowest BCUT2D eigenvalue weighted by atomic mass is 9.82. The number of piperidine rings is 1. The van der Waals surface area contributed by atoms with Gasteiger partial charge in [-0.25, -0.2) is 4.79 Å². The van der Waals surface area contributed by atoms with Crippen molar-refractivity contribution in [3.63, 3.8) is 0 Å². The fraction of sp³-hybridized carbons (Fsp3) is 0.917. The molecule has 1 saturated heterocycles. The third kappa shape index (κ3) is 2.64. The van der Waals surface area contributed by atoms with Crippen LogP contribution in [0.2, 0.25) is 0 Å². The van der Waals surface area contributed by atoms with Crippen LogP contribution in [-0.2, 0) is 0 Å². The largest absolute Gasteiger partial charge is 0.335 e. The number of nitrogens with zero attached hydrogens (tertiary/aromatic N) is 1. The highest BCUT2D eigenvalue weighted by atomic mass is 16.2. The zero-order valence-electron chi connectivity index (χ0n) is 9.83. The van der Waals surface area contributed by atoms with Crippen LogP contribution in [0.25, 0.3) is 0 Å². The van der Waals surface area contributed by atoms with Gasteiger partial charge in [0.15, 0.2) is 0 Å². The summed E-state index contributed by atoms with van der Waals surface area (Å²) in [6.07, 6.45) is 4.75. The van der Waals surface area contributed by atoms with Gasteiger partial charge in [-0.05, 0) is 37.5 Å². The van der Waals surface area contributed by atoms with Crippen molar-refractivity contribution in [2.45, 2.75) is 45.6 Å². The maximum atomic E-state index is 11.9. The third-order valence-corrected chi connectivity index (χ3v) is 3.65. The number of hydrogen-bond acceptors (Lipinski definition) is 1. The van der Waals surface area contributed by atoms with Gasteiger partial charge >= 0.3 is 6.03 Å². The molecule has 2 amide bonds. The Balaban J connectivity index is 1.75. The van der Waals surface area contributed by atoms with Crippen LogP contribution in [0.15, 0.2) is 0 Å². The smallest absolute Gasteiger partial charge is 0.317 e. The monoisotopic (exact) mass is 210 g/mol. The summed E-state index contributed by atoms with van der Waals surface area (Å²) in [4.78, 5) is 13.9. The molecule has 3 nitrogen and oxygen atoms in total. The summed E-state index contributed by atoms with van der Waals surface area (Å²) < 4.78 is 0. The molecule has 2 aliphatic rings. The topological polar surface area (TPSA) is 32.3 Å². The molecule has 1 N–H and O–H groups in total. The van der Waals surface area contributed by atoms with E-state index < -0.39 is 0 Å². The van der Waals surface area contributed by atoms with Crippen LogP contribution in [0.1, 0.15) is 39.5 Å². The summed E-state index contributed by atoms with van der Waals surface area (Å²) in [7, 11) is 0. The van der Waals surface area contributed by atoms with Gasteiger partial charge in [0.25, 0.3) is 0 Å². The van der Waals surface area contributed by atoms with E-state index in [-0.39, 0.29) is 6.03 Å². The maximum Gasteiger partial charge on any atom is 0.317 e. The van der Waals surface area contributed by atoms with E-state index >= 15 is 0 Å². The molecule has 1 unspecified atom stereocenters. The Morgan fingerprint density at radius 3 is 2.60 bits per heavy atom. The fourth-order valence-electron chi connectivity index (χ4n) is 2.66. The summed E-state index contributed by atoms with van der Waals surface area (Å²) in [5.41, 5.74) is 0. The average Bonchev–Trinajstić information content (AvgIpc) is 2.15. The standard InChI is InChI=1S/C12H22N2O/c1-9-4-3-5-14(8-9)12(15)13-11-6-10(2)7-11/h9-11H,3-8H2,1-2H3,(H,13,15). The molecule has 0 aromatic carbocycles. The summed E-state index contributed by atoms with van der Waals surface area (Å²) in [6.45, 7) is 6.35. The van der Waals surface area contributed by atoms with Gasteiger partial charge in [0.05, 0.1) is 0 Å². The normalized spacial score (nSPS) is 35.9. The van der Waals surface area contributed by atoms with E-state index in [1.807, 2.05) is 4.90 Å². The van der Waals surface area contributed by atoms with Crippen LogP contribution in [0, 0.1) is 11.8 Å². The first-order valence-corrected chi connectivity index (χ1v) is 6.20. The molecule has 0 aromatic heterocycles. The number of rotatable bonds is 1. The predicted octanol–water partition coefficient (Wildman–Crippen LogP) is 2.23. The van der Waals surface area contributed by atoms with Gasteiger partial charge in [0, 0.05) is 19.1 Å². The van der Waals surface area contributed by atoms with E-state index in [0.29, 0.717) is 12.0 Å². The van der Waals surface area contributed by atoms with E-state index in [9.17, 15) is 4.79 Å². The summed E-state index contributed by atoms with van der Waals surface area (Å²) in [5, 5.41) is 3.12. The number of carbonyl (C=O) groups excluding carboxylic acids is 1. The second kappa shape index (κ2) is 4.42. The van der Waals surface area contributed by atoms with Crippen molar-refractivity contribution in [2.75, 3.05) is 13.1 Å². The van der Waals surface area contributed by atoms with Crippen molar-refractivity contribution in [1.29, 1.82) is 0 Å². The lowest BCUT2D eigenvalue weighted by molar-refractivity contribution is 0.153. The molecule has 15 heavy (non-hydrogen) atoms. The molecule has 1 saturated carbocycles. The zero-order valence-corrected chi connectivity index (χ0v) is 9.83. The Hall–Kier alpha value is -0.730.